The molecule has 8 heteroatoms. The van der Waals surface area contributed by atoms with E-state index in [9.17, 15) is 14.9 Å². The fraction of sp³-hybridized carbons (Fsp3) is 0.273. The molecule has 0 spiro atoms. The lowest BCUT2D eigenvalue weighted by Gasteiger charge is -2.22. The number of ether oxygens (including phenoxy) is 1. The van der Waals surface area contributed by atoms with Gasteiger partial charge < -0.3 is 4.74 Å². The molecule has 0 aliphatic carbocycles. The minimum atomic E-state index is -0.500. The molecule has 1 amide bonds. The first kappa shape index (κ1) is 21.6. The Morgan fingerprint density at radius 2 is 1.97 bits per heavy atom. The van der Waals surface area contributed by atoms with E-state index in [1.54, 1.807) is 17.0 Å². The van der Waals surface area contributed by atoms with Crippen molar-refractivity contribution in [2.45, 2.75) is 33.2 Å². The standard InChI is InChI=1S/C22H23N3O4S/c1-5-15(3)24-21(26)20(30-22(24)23-17-9-6-14(2)7-10-17)13-16-8-11-19(29-4)18(12-16)25(27)28/h6-13,15H,5H2,1-4H3/b20-13+,23-22?/t15-/m0/s1. The van der Waals surface area contributed by atoms with Gasteiger partial charge in [-0.25, -0.2) is 4.99 Å². The summed E-state index contributed by atoms with van der Waals surface area (Å²) in [5, 5.41) is 11.9. The predicted molar refractivity (Wildman–Crippen MR) is 120 cm³/mol. The van der Waals surface area contributed by atoms with Gasteiger partial charge in [-0.15, -0.1) is 0 Å². The second-order valence-electron chi connectivity index (χ2n) is 6.96. The molecule has 7 nitrogen and oxygen atoms in total. The number of benzene rings is 2. The highest BCUT2D eigenvalue weighted by molar-refractivity contribution is 8.18. The zero-order valence-electron chi connectivity index (χ0n) is 17.3. The first-order chi connectivity index (χ1) is 14.3. The lowest BCUT2D eigenvalue weighted by Crippen LogP contribution is -2.36. The smallest absolute Gasteiger partial charge is 0.311 e. The van der Waals surface area contributed by atoms with Gasteiger partial charge in [0, 0.05) is 12.1 Å². The molecule has 1 aliphatic heterocycles. The molecule has 1 aliphatic rings. The summed E-state index contributed by atoms with van der Waals surface area (Å²) in [6, 6.07) is 12.4. The van der Waals surface area contributed by atoms with E-state index in [2.05, 4.69) is 4.99 Å². The van der Waals surface area contributed by atoms with Crippen molar-refractivity contribution < 1.29 is 14.5 Å². The zero-order valence-corrected chi connectivity index (χ0v) is 18.1. The topological polar surface area (TPSA) is 85.0 Å². The van der Waals surface area contributed by atoms with Crippen molar-refractivity contribution in [2.24, 2.45) is 4.99 Å². The van der Waals surface area contributed by atoms with Gasteiger partial charge in [-0.05, 0) is 61.9 Å². The second-order valence-corrected chi connectivity index (χ2v) is 7.97. The van der Waals surface area contributed by atoms with Crippen LogP contribution in [0.4, 0.5) is 11.4 Å². The number of hydrogen-bond acceptors (Lipinski definition) is 6. The maximum atomic E-state index is 13.1. The number of hydrogen-bond donors (Lipinski definition) is 0. The van der Waals surface area contributed by atoms with Crippen LogP contribution in [-0.4, -0.2) is 34.0 Å². The molecule has 1 saturated heterocycles. The molecule has 1 heterocycles. The third kappa shape index (κ3) is 4.54. The molecular weight excluding hydrogens is 402 g/mol. The Bertz CT molecular complexity index is 1030. The highest BCUT2D eigenvalue weighted by Crippen LogP contribution is 2.37. The number of thioether (sulfide) groups is 1. The van der Waals surface area contributed by atoms with Gasteiger partial charge in [-0.3, -0.25) is 19.8 Å². The molecule has 1 atom stereocenters. The van der Waals surface area contributed by atoms with Gasteiger partial charge in [0.05, 0.1) is 22.6 Å². The number of methoxy groups -OCH3 is 1. The van der Waals surface area contributed by atoms with Gasteiger partial charge in [0.1, 0.15) is 0 Å². The number of nitro groups is 1. The van der Waals surface area contributed by atoms with Crippen LogP contribution in [0.15, 0.2) is 52.4 Å². The van der Waals surface area contributed by atoms with Crippen LogP contribution in [0.2, 0.25) is 0 Å². The van der Waals surface area contributed by atoms with Crippen LogP contribution in [0.25, 0.3) is 6.08 Å². The first-order valence-corrected chi connectivity index (χ1v) is 10.4. The Hall–Kier alpha value is -3.13. The van der Waals surface area contributed by atoms with Crippen molar-refractivity contribution in [1.82, 2.24) is 4.90 Å². The summed E-state index contributed by atoms with van der Waals surface area (Å²) in [6.07, 6.45) is 2.44. The van der Waals surface area contributed by atoms with Crippen LogP contribution >= 0.6 is 11.8 Å². The van der Waals surface area contributed by atoms with Crippen LogP contribution in [0, 0.1) is 17.0 Å². The Morgan fingerprint density at radius 3 is 2.57 bits per heavy atom. The van der Waals surface area contributed by atoms with Crippen LogP contribution in [0.5, 0.6) is 5.75 Å². The molecule has 0 radical (unpaired) electrons. The summed E-state index contributed by atoms with van der Waals surface area (Å²) in [5.74, 6) is 0.0223. The fourth-order valence-electron chi connectivity index (χ4n) is 2.96. The zero-order chi connectivity index (χ0) is 21.8. The van der Waals surface area contributed by atoms with E-state index >= 15 is 0 Å². The first-order valence-electron chi connectivity index (χ1n) is 9.55. The molecule has 0 saturated carbocycles. The number of carbonyl (C=O) groups excluding carboxylic acids is 1. The summed E-state index contributed by atoms with van der Waals surface area (Å²) in [5.41, 5.74) is 2.31. The highest BCUT2D eigenvalue weighted by atomic mass is 32.2. The molecule has 1 fully saturated rings. The fourth-order valence-corrected chi connectivity index (χ4v) is 4.05. The summed E-state index contributed by atoms with van der Waals surface area (Å²) in [7, 11) is 1.38. The Balaban J connectivity index is 2.00. The average Bonchev–Trinajstić information content (AvgIpc) is 3.03. The normalized spacial score (nSPS) is 17.6. The largest absolute Gasteiger partial charge is 0.490 e. The van der Waals surface area contributed by atoms with E-state index in [1.165, 1.54) is 31.0 Å². The van der Waals surface area contributed by atoms with Crippen molar-refractivity contribution >= 4 is 40.3 Å². The van der Waals surface area contributed by atoms with Crippen molar-refractivity contribution in [2.75, 3.05) is 7.11 Å². The van der Waals surface area contributed by atoms with Gasteiger partial charge in [0.2, 0.25) is 0 Å². The number of aliphatic imine (C=N–C) groups is 1. The summed E-state index contributed by atoms with van der Waals surface area (Å²) in [6.45, 7) is 6.00. The SMILES string of the molecule is CC[C@H](C)N1C(=O)/C(=C\c2ccc(OC)c([N+](=O)[O-])c2)SC1=Nc1ccc(C)cc1. The molecule has 0 bridgehead atoms. The van der Waals surface area contributed by atoms with Crippen molar-refractivity contribution in [3.05, 3.63) is 68.6 Å². The monoisotopic (exact) mass is 425 g/mol. The van der Waals surface area contributed by atoms with Gasteiger partial charge in [-0.1, -0.05) is 30.7 Å². The van der Waals surface area contributed by atoms with Gasteiger partial charge in [0.15, 0.2) is 10.9 Å². The molecule has 0 N–H and O–H groups in total. The molecule has 2 aromatic rings. The van der Waals surface area contributed by atoms with E-state index in [-0.39, 0.29) is 23.4 Å². The van der Waals surface area contributed by atoms with Crippen molar-refractivity contribution in [3.63, 3.8) is 0 Å². The number of amidine groups is 1. The Kier molecular flexibility index (Phi) is 6.56. The molecule has 156 valence electrons. The molecule has 30 heavy (non-hydrogen) atoms. The van der Waals surface area contributed by atoms with Crippen molar-refractivity contribution in [3.8, 4) is 5.75 Å². The van der Waals surface area contributed by atoms with E-state index in [0.29, 0.717) is 15.6 Å². The van der Waals surface area contributed by atoms with Crippen LogP contribution in [0.3, 0.4) is 0 Å². The van der Waals surface area contributed by atoms with E-state index < -0.39 is 4.92 Å². The molecule has 2 aromatic carbocycles. The maximum Gasteiger partial charge on any atom is 0.311 e. The van der Waals surface area contributed by atoms with Gasteiger partial charge >= 0.3 is 5.69 Å². The molecule has 3 rings (SSSR count). The maximum absolute atomic E-state index is 13.1. The number of aryl methyl sites for hydroxylation is 1. The van der Waals surface area contributed by atoms with E-state index in [1.807, 2.05) is 45.0 Å². The Labute approximate surface area is 179 Å². The minimum absolute atomic E-state index is 0.0229. The molecule has 0 aromatic heterocycles. The van der Waals surface area contributed by atoms with Crippen LogP contribution in [0.1, 0.15) is 31.4 Å². The number of nitrogens with zero attached hydrogens (tertiary/aromatic N) is 3. The number of carbonyl (C=O) groups is 1. The lowest BCUT2D eigenvalue weighted by molar-refractivity contribution is -0.385. The van der Waals surface area contributed by atoms with E-state index in [0.717, 1.165) is 17.7 Å². The number of amides is 1. The summed E-state index contributed by atoms with van der Waals surface area (Å²) < 4.78 is 5.05. The molecular formula is C22H23N3O4S. The van der Waals surface area contributed by atoms with Crippen LogP contribution in [-0.2, 0) is 4.79 Å². The summed E-state index contributed by atoms with van der Waals surface area (Å²) in [4.78, 5) is 30.7. The lowest BCUT2D eigenvalue weighted by atomic mass is 10.1. The van der Waals surface area contributed by atoms with E-state index in [4.69, 9.17) is 4.74 Å². The van der Waals surface area contributed by atoms with Gasteiger partial charge in [-0.2, -0.15) is 0 Å². The Morgan fingerprint density at radius 1 is 1.27 bits per heavy atom. The van der Waals surface area contributed by atoms with Gasteiger partial charge in [0.25, 0.3) is 5.91 Å². The number of rotatable bonds is 6. The quantitative estimate of drug-likeness (QED) is 0.355. The molecule has 0 unspecified atom stereocenters. The highest BCUT2D eigenvalue weighted by Gasteiger charge is 2.36. The number of nitro benzene ring substituents is 1. The average molecular weight is 426 g/mol. The third-order valence-corrected chi connectivity index (χ3v) is 5.81. The minimum Gasteiger partial charge on any atom is -0.490 e. The summed E-state index contributed by atoms with van der Waals surface area (Å²) >= 11 is 1.28. The van der Waals surface area contributed by atoms with Crippen molar-refractivity contribution in [1.29, 1.82) is 0 Å². The van der Waals surface area contributed by atoms with Crippen LogP contribution < -0.4 is 4.74 Å². The third-order valence-electron chi connectivity index (χ3n) is 4.82. The second kappa shape index (κ2) is 9.13. The predicted octanol–water partition coefficient (Wildman–Crippen LogP) is 5.31.